The van der Waals surface area contributed by atoms with Gasteiger partial charge in [-0.2, -0.15) is 0 Å². The van der Waals surface area contributed by atoms with Gasteiger partial charge in [0.2, 0.25) is 0 Å². The van der Waals surface area contributed by atoms with Crippen molar-refractivity contribution >= 4 is 53.9 Å². The second-order valence-corrected chi connectivity index (χ2v) is 15.7. The highest BCUT2D eigenvalue weighted by atomic mass is 14.4. The third-order valence-corrected chi connectivity index (χ3v) is 11.5. The first-order valence-corrected chi connectivity index (χ1v) is 17.6. The van der Waals surface area contributed by atoms with Crippen LogP contribution in [0.2, 0.25) is 0 Å². The molecule has 0 radical (unpaired) electrons. The quantitative estimate of drug-likeness (QED) is 0.132. The van der Waals surface area contributed by atoms with Crippen molar-refractivity contribution in [1.29, 1.82) is 0 Å². The van der Waals surface area contributed by atoms with E-state index in [0.717, 1.165) is 0 Å². The van der Waals surface area contributed by atoms with Crippen LogP contribution in [-0.4, -0.2) is 0 Å². The summed E-state index contributed by atoms with van der Waals surface area (Å²) in [5, 5.41) is 13.4. The number of fused-ring (bicyclic) bond motifs is 6. The minimum atomic E-state index is -0.139. The van der Waals surface area contributed by atoms with E-state index in [4.69, 9.17) is 0 Å². The van der Waals surface area contributed by atoms with E-state index < -0.39 is 0 Å². The third-order valence-electron chi connectivity index (χ3n) is 11.5. The van der Waals surface area contributed by atoms with Crippen molar-refractivity contribution in [2.75, 3.05) is 0 Å². The van der Waals surface area contributed by atoms with Crippen LogP contribution in [-0.2, 0) is 10.8 Å². The number of hydrogen-bond acceptors (Lipinski definition) is 0. The van der Waals surface area contributed by atoms with E-state index in [1.54, 1.807) is 0 Å². The van der Waals surface area contributed by atoms with Crippen molar-refractivity contribution in [1.82, 2.24) is 0 Å². The Morgan fingerprint density at radius 2 is 0.939 bits per heavy atom. The highest BCUT2D eigenvalue weighted by Crippen LogP contribution is 2.55. The molecule has 9 aromatic carbocycles. The fourth-order valence-corrected chi connectivity index (χ4v) is 9.05. The zero-order valence-corrected chi connectivity index (χ0v) is 28.8. The average molecular weight is 627 g/mol. The lowest BCUT2D eigenvalue weighted by Crippen LogP contribution is -2.15. The Morgan fingerprint density at radius 1 is 0.408 bits per heavy atom. The standard InChI is InChI=1S/C49H38/c1-48(2,3)34-25-30-19-20-33-28-42-47(40-24-22-31(26-34)43(30)46(33)40)39-23-21-32(27-41(39)49(42,4)5)45-37-17-11-9-15-35(37)44(29-13-7-6-8-14-29)36-16-10-12-18-38(36)45/h6-28H,1-5H3. The van der Waals surface area contributed by atoms with Crippen LogP contribution in [0.25, 0.3) is 87.2 Å². The zero-order chi connectivity index (χ0) is 33.2. The van der Waals surface area contributed by atoms with Crippen LogP contribution < -0.4 is 0 Å². The molecule has 234 valence electrons. The Balaban J connectivity index is 1.24. The molecule has 0 saturated carbocycles. The molecule has 0 saturated heterocycles. The molecule has 0 nitrogen and oxygen atoms in total. The van der Waals surface area contributed by atoms with Crippen molar-refractivity contribution in [2.24, 2.45) is 0 Å². The predicted molar refractivity (Wildman–Crippen MR) is 212 cm³/mol. The summed E-state index contributed by atoms with van der Waals surface area (Å²) in [6, 6.07) is 52.9. The van der Waals surface area contributed by atoms with Crippen LogP contribution in [0.5, 0.6) is 0 Å². The average Bonchev–Trinajstić information content (AvgIpc) is 3.34. The lowest BCUT2D eigenvalue weighted by molar-refractivity contribution is 0.591. The van der Waals surface area contributed by atoms with Gasteiger partial charge in [0.25, 0.3) is 0 Å². The maximum absolute atomic E-state index is 2.51. The molecule has 0 spiro atoms. The van der Waals surface area contributed by atoms with E-state index in [-0.39, 0.29) is 10.8 Å². The first kappa shape index (κ1) is 28.5. The topological polar surface area (TPSA) is 0 Å². The van der Waals surface area contributed by atoms with Gasteiger partial charge in [0.15, 0.2) is 0 Å². The molecule has 49 heavy (non-hydrogen) atoms. The molecule has 0 bridgehead atoms. The maximum atomic E-state index is 2.51. The molecular formula is C49H38. The Kier molecular flexibility index (Phi) is 5.71. The van der Waals surface area contributed by atoms with Crippen molar-refractivity contribution in [3.05, 3.63) is 156 Å². The minimum absolute atomic E-state index is 0.102. The Labute approximate surface area is 288 Å². The molecule has 1 aliphatic rings. The molecule has 10 rings (SSSR count). The first-order valence-electron chi connectivity index (χ1n) is 17.6. The van der Waals surface area contributed by atoms with Crippen LogP contribution in [0.15, 0.2) is 140 Å². The van der Waals surface area contributed by atoms with Crippen molar-refractivity contribution < 1.29 is 0 Å². The maximum Gasteiger partial charge on any atom is 0.0159 e. The van der Waals surface area contributed by atoms with Gasteiger partial charge in [0, 0.05) is 5.41 Å². The first-order chi connectivity index (χ1) is 23.7. The van der Waals surface area contributed by atoms with Crippen molar-refractivity contribution in [2.45, 2.75) is 45.4 Å². The molecule has 0 fully saturated rings. The van der Waals surface area contributed by atoms with Crippen LogP contribution in [0, 0.1) is 0 Å². The SMILES string of the molecule is CC(C)(C)c1cc2ccc3cc4c(c5ccc(c1)c2c35)-c1ccc(-c2c3ccccc3c(-c3ccccc3)c3ccccc23)cc1C4(C)C. The molecule has 0 aliphatic heterocycles. The van der Waals surface area contributed by atoms with Gasteiger partial charge in [-0.15, -0.1) is 0 Å². The summed E-state index contributed by atoms with van der Waals surface area (Å²) >= 11 is 0. The predicted octanol–water partition coefficient (Wildman–Crippen LogP) is 13.8. The van der Waals surface area contributed by atoms with E-state index in [1.165, 1.54) is 104 Å². The molecular weight excluding hydrogens is 589 g/mol. The van der Waals surface area contributed by atoms with E-state index in [2.05, 4.69) is 174 Å². The van der Waals surface area contributed by atoms with Crippen molar-refractivity contribution in [3.8, 4) is 33.4 Å². The van der Waals surface area contributed by atoms with Gasteiger partial charge in [0.05, 0.1) is 0 Å². The van der Waals surface area contributed by atoms with E-state index >= 15 is 0 Å². The van der Waals surface area contributed by atoms with Crippen LogP contribution in [0.3, 0.4) is 0 Å². The second-order valence-electron chi connectivity index (χ2n) is 15.7. The Bertz CT molecular complexity index is 2730. The van der Waals surface area contributed by atoms with Gasteiger partial charge in [-0.05, 0) is 121 Å². The third kappa shape index (κ3) is 3.92. The summed E-state index contributed by atoms with van der Waals surface area (Å²) in [7, 11) is 0. The van der Waals surface area contributed by atoms with Crippen LogP contribution in [0.1, 0.15) is 51.3 Å². The van der Waals surface area contributed by atoms with Gasteiger partial charge >= 0.3 is 0 Å². The highest BCUT2D eigenvalue weighted by molar-refractivity contribution is 6.27. The van der Waals surface area contributed by atoms with Gasteiger partial charge < -0.3 is 0 Å². The largest absolute Gasteiger partial charge is 0.0622 e. The van der Waals surface area contributed by atoms with E-state index in [0.29, 0.717) is 0 Å². The molecule has 0 amide bonds. The van der Waals surface area contributed by atoms with Gasteiger partial charge in [-0.25, -0.2) is 0 Å². The summed E-state index contributed by atoms with van der Waals surface area (Å²) in [5.41, 5.74) is 12.1. The molecule has 0 N–H and O–H groups in total. The van der Waals surface area contributed by atoms with Gasteiger partial charge in [-0.3, -0.25) is 0 Å². The number of hydrogen-bond donors (Lipinski definition) is 0. The summed E-state index contributed by atoms with van der Waals surface area (Å²) in [6.07, 6.45) is 0. The Morgan fingerprint density at radius 3 is 1.53 bits per heavy atom. The molecule has 0 heteroatoms. The smallest absolute Gasteiger partial charge is 0.0159 e. The van der Waals surface area contributed by atoms with Crippen molar-refractivity contribution in [3.63, 3.8) is 0 Å². The lowest BCUT2D eigenvalue weighted by atomic mass is 9.79. The Hall–Kier alpha value is -5.46. The normalized spacial score (nSPS) is 14.0. The van der Waals surface area contributed by atoms with Gasteiger partial charge in [0.1, 0.15) is 0 Å². The van der Waals surface area contributed by atoms with E-state index in [9.17, 15) is 0 Å². The summed E-state index contributed by atoms with van der Waals surface area (Å²) in [6.45, 7) is 11.8. The summed E-state index contributed by atoms with van der Waals surface area (Å²) < 4.78 is 0. The molecule has 0 unspecified atom stereocenters. The molecule has 1 aliphatic carbocycles. The molecule has 0 aromatic heterocycles. The fraction of sp³-hybridized carbons (Fsp3) is 0.143. The van der Waals surface area contributed by atoms with Crippen LogP contribution in [0.4, 0.5) is 0 Å². The summed E-state index contributed by atoms with van der Waals surface area (Å²) in [4.78, 5) is 0. The second kappa shape index (κ2) is 9.80. The molecule has 0 heterocycles. The van der Waals surface area contributed by atoms with Gasteiger partial charge in [-0.1, -0.05) is 162 Å². The van der Waals surface area contributed by atoms with Crippen LogP contribution >= 0.6 is 0 Å². The number of benzene rings is 9. The molecule has 9 aromatic rings. The monoisotopic (exact) mass is 626 g/mol. The lowest BCUT2D eigenvalue weighted by Gasteiger charge is -2.24. The molecule has 0 atom stereocenters. The minimum Gasteiger partial charge on any atom is -0.0622 e. The number of rotatable bonds is 2. The van der Waals surface area contributed by atoms with E-state index in [1.807, 2.05) is 0 Å². The summed E-state index contributed by atoms with van der Waals surface area (Å²) in [5.74, 6) is 0. The zero-order valence-electron chi connectivity index (χ0n) is 28.8. The fourth-order valence-electron chi connectivity index (χ4n) is 9.05. The highest BCUT2D eigenvalue weighted by Gasteiger charge is 2.37.